The Morgan fingerprint density at radius 1 is 1.19 bits per heavy atom. The van der Waals surface area contributed by atoms with E-state index in [1.54, 1.807) is 0 Å². The highest BCUT2D eigenvalue weighted by atomic mass is 19.4. The second-order valence-corrected chi connectivity index (χ2v) is 4.89. The number of rotatable bonds is 3. The number of hydrogen-bond donors (Lipinski definition) is 3. The van der Waals surface area contributed by atoms with Crippen LogP contribution in [-0.4, -0.2) is 21.6 Å². The van der Waals surface area contributed by atoms with Crippen molar-refractivity contribution in [2.75, 3.05) is 0 Å². The van der Waals surface area contributed by atoms with Crippen LogP contribution >= 0.6 is 0 Å². The standard InChI is InChI=1S/C12H15F3N6/c13-12(14,15)8-4-20-9(5-19-8)21-11(18)7-3-1-2-6(7)10(16)17/h4-7H,1-3H2,(H3,16,17)(H2,18,20,21)/t6-,7-/m0/s1. The molecule has 1 fully saturated rings. The van der Waals surface area contributed by atoms with Crippen molar-refractivity contribution in [2.24, 2.45) is 28.3 Å². The zero-order chi connectivity index (χ0) is 15.6. The van der Waals surface area contributed by atoms with Gasteiger partial charge in [-0.15, -0.1) is 0 Å². The first kappa shape index (κ1) is 15.2. The number of amidine groups is 2. The van der Waals surface area contributed by atoms with E-state index in [9.17, 15) is 13.2 Å². The third-order valence-electron chi connectivity index (χ3n) is 3.47. The van der Waals surface area contributed by atoms with E-state index in [0.29, 0.717) is 6.20 Å². The number of nitrogens with two attached hydrogens (primary N) is 2. The van der Waals surface area contributed by atoms with Crippen molar-refractivity contribution >= 4 is 17.5 Å². The van der Waals surface area contributed by atoms with Gasteiger partial charge in [0, 0.05) is 11.8 Å². The first-order valence-electron chi connectivity index (χ1n) is 6.36. The molecule has 1 aliphatic carbocycles. The number of halogens is 3. The van der Waals surface area contributed by atoms with Gasteiger partial charge >= 0.3 is 6.18 Å². The van der Waals surface area contributed by atoms with Crippen molar-refractivity contribution in [2.45, 2.75) is 25.4 Å². The lowest BCUT2D eigenvalue weighted by molar-refractivity contribution is -0.141. The molecule has 9 heteroatoms. The summed E-state index contributed by atoms with van der Waals surface area (Å²) in [5.41, 5.74) is 10.3. The number of nitrogens with one attached hydrogen (secondary N) is 1. The Morgan fingerprint density at radius 3 is 2.38 bits per heavy atom. The van der Waals surface area contributed by atoms with E-state index in [-0.39, 0.29) is 29.3 Å². The monoisotopic (exact) mass is 300 g/mol. The summed E-state index contributed by atoms with van der Waals surface area (Å²) in [4.78, 5) is 10.9. The third-order valence-corrected chi connectivity index (χ3v) is 3.47. The van der Waals surface area contributed by atoms with E-state index in [0.717, 1.165) is 25.5 Å². The summed E-state index contributed by atoms with van der Waals surface area (Å²) >= 11 is 0. The van der Waals surface area contributed by atoms with Crippen molar-refractivity contribution in [1.29, 1.82) is 5.41 Å². The van der Waals surface area contributed by atoms with Crippen LogP contribution in [0.15, 0.2) is 17.4 Å². The summed E-state index contributed by atoms with van der Waals surface area (Å²) in [5.74, 6) is -0.0617. The minimum atomic E-state index is -4.54. The molecule has 1 saturated carbocycles. The maximum atomic E-state index is 12.4. The highest BCUT2D eigenvalue weighted by Gasteiger charge is 2.33. The summed E-state index contributed by atoms with van der Waals surface area (Å²) in [7, 11) is 0. The molecule has 0 spiro atoms. The fourth-order valence-electron chi connectivity index (χ4n) is 2.43. The molecule has 0 aromatic carbocycles. The molecule has 5 N–H and O–H groups in total. The molecular formula is C12H15F3N6. The van der Waals surface area contributed by atoms with Gasteiger partial charge in [-0.05, 0) is 12.8 Å². The Balaban J connectivity index is 2.17. The van der Waals surface area contributed by atoms with E-state index >= 15 is 0 Å². The summed E-state index contributed by atoms with van der Waals surface area (Å²) in [6, 6.07) is 0. The summed E-state index contributed by atoms with van der Waals surface area (Å²) in [6.07, 6.45) is -0.616. The molecule has 1 aliphatic rings. The number of aromatic nitrogens is 2. The maximum absolute atomic E-state index is 12.4. The van der Waals surface area contributed by atoms with Gasteiger partial charge in [0.05, 0.1) is 18.2 Å². The van der Waals surface area contributed by atoms with Crippen molar-refractivity contribution < 1.29 is 13.2 Å². The Hall–Kier alpha value is -2.19. The van der Waals surface area contributed by atoms with Crippen molar-refractivity contribution in [3.05, 3.63) is 18.1 Å². The van der Waals surface area contributed by atoms with Gasteiger partial charge in [0.15, 0.2) is 11.5 Å². The molecule has 0 unspecified atom stereocenters. The number of aliphatic imine (C=N–C) groups is 1. The second-order valence-electron chi connectivity index (χ2n) is 4.89. The van der Waals surface area contributed by atoms with Crippen LogP contribution in [0.2, 0.25) is 0 Å². The van der Waals surface area contributed by atoms with Gasteiger partial charge in [-0.2, -0.15) is 13.2 Å². The minimum absolute atomic E-state index is 0.00898. The fourth-order valence-corrected chi connectivity index (χ4v) is 2.43. The molecule has 1 aromatic heterocycles. The molecule has 0 radical (unpaired) electrons. The third kappa shape index (κ3) is 3.47. The Morgan fingerprint density at radius 2 is 1.86 bits per heavy atom. The van der Waals surface area contributed by atoms with E-state index < -0.39 is 11.9 Å². The SMILES string of the molecule is N=C(N)[C@H]1CCC[C@@H]1C(N)=Nc1cnc(C(F)(F)F)cn1. The predicted molar refractivity (Wildman–Crippen MR) is 71.1 cm³/mol. The van der Waals surface area contributed by atoms with Crippen LogP contribution < -0.4 is 11.5 Å². The first-order valence-corrected chi connectivity index (χ1v) is 6.36. The highest BCUT2D eigenvalue weighted by Crippen LogP contribution is 2.32. The van der Waals surface area contributed by atoms with Gasteiger partial charge in [-0.25, -0.2) is 15.0 Å². The molecular weight excluding hydrogens is 285 g/mol. The molecule has 0 saturated heterocycles. The maximum Gasteiger partial charge on any atom is 0.434 e. The van der Waals surface area contributed by atoms with Crippen LogP contribution in [0.25, 0.3) is 0 Å². The minimum Gasteiger partial charge on any atom is -0.387 e. The molecule has 0 bridgehead atoms. The highest BCUT2D eigenvalue weighted by molar-refractivity contribution is 5.91. The van der Waals surface area contributed by atoms with Gasteiger partial charge in [0.1, 0.15) is 5.84 Å². The summed E-state index contributed by atoms with van der Waals surface area (Å²) in [6.45, 7) is 0. The van der Waals surface area contributed by atoms with E-state index in [2.05, 4.69) is 15.0 Å². The van der Waals surface area contributed by atoms with Crippen molar-refractivity contribution in [3.63, 3.8) is 0 Å². The molecule has 1 aromatic rings. The largest absolute Gasteiger partial charge is 0.434 e. The molecule has 21 heavy (non-hydrogen) atoms. The van der Waals surface area contributed by atoms with E-state index in [1.165, 1.54) is 0 Å². The molecule has 114 valence electrons. The number of nitrogens with zero attached hydrogens (tertiary/aromatic N) is 3. The summed E-state index contributed by atoms with van der Waals surface area (Å²) < 4.78 is 37.1. The molecule has 2 rings (SSSR count). The van der Waals surface area contributed by atoms with Gasteiger partial charge in [-0.1, -0.05) is 6.42 Å². The van der Waals surface area contributed by atoms with E-state index in [1.807, 2.05) is 0 Å². The van der Waals surface area contributed by atoms with Crippen LogP contribution in [0.3, 0.4) is 0 Å². The Labute approximate surface area is 119 Å². The lowest BCUT2D eigenvalue weighted by atomic mass is 9.94. The Bertz CT molecular complexity index is 551. The van der Waals surface area contributed by atoms with Gasteiger partial charge in [0.25, 0.3) is 0 Å². The first-order chi connectivity index (χ1) is 9.79. The lowest BCUT2D eigenvalue weighted by Gasteiger charge is -2.17. The fraction of sp³-hybridized carbons (Fsp3) is 0.500. The molecule has 6 nitrogen and oxygen atoms in total. The average Bonchev–Trinajstić information content (AvgIpc) is 2.87. The zero-order valence-corrected chi connectivity index (χ0v) is 11.1. The van der Waals surface area contributed by atoms with Crippen molar-refractivity contribution in [1.82, 2.24) is 9.97 Å². The second kappa shape index (κ2) is 5.66. The predicted octanol–water partition coefficient (Wildman–Crippen LogP) is 1.84. The molecule has 0 amide bonds. The van der Waals surface area contributed by atoms with E-state index in [4.69, 9.17) is 16.9 Å². The van der Waals surface area contributed by atoms with Crippen LogP contribution in [0.1, 0.15) is 25.0 Å². The number of hydrogen-bond acceptors (Lipinski definition) is 4. The zero-order valence-electron chi connectivity index (χ0n) is 11.1. The van der Waals surface area contributed by atoms with Crippen LogP contribution in [0.5, 0.6) is 0 Å². The molecule has 2 atom stereocenters. The van der Waals surface area contributed by atoms with Gasteiger partial charge in [-0.3, -0.25) is 5.41 Å². The topological polar surface area (TPSA) is 114 Å². The quantitative estimate of drug-likeness (QED) is 0.583. The van der Waals surface area contributed by atoms with Crippen LogP contribution in [0, 0.1) is 17.2 Å². The smallest absolute Gasteiger partial charge is 0.387 e. The molecule has 1 heterocycles. The van der Waals surface area contributed by atoms with Crippen LogP contribution in [0.4, 0.5) is 19.0 Å². The van der Waals surface area contributed by atoms with Crippen molar-refractivity contribution in [3.8, 4) is 0 Å². The van der Waals surface area contributed by atoms with Gasteiger partial charge in [0.2, 0.25) is 0 Å². The van der Waals surface area contributed by atoms with Crippen LogP contribution in [-0.2, 0) is 6.18 Å². The lowest BCUT2D eigenvalue weighted by Crippen LogP contribution is -2.34. The summed E-state index contributed by atoms with van der Waals surface area (Å²) in [5, 5.41) is 7.51. The van der Waals surface area contributed by atoms with Gasteiger partial charge < -0.3 is 11.5 Å². The Kier molecular flexibility index (Phi) is 4.10. The average molecular weight is 300 g/mol. The normalized spacial score (nSPS) is 23.3. The molecule has 0 aliphatic heterocycles. The number of alkyl halides is 3.